The molecule has 0 bridgehead atoms. The molecule has 3 rings (SSSR count). The van der Waals surface area contributed by atoms with E-state index in [1.165, 1.54) is 6.07 Å². The molecule has 3 aromatic rings. The van der Waals surface area contributed by atoms with Crippen LogP contribution in [0.15, 0.2) is 78.9 Å². The van der Waals surface area contributed by atoms with E-state index >= 15 is 0 Å². The SMILES string of the molecule is NC(Cc1ccccc1)c1cc(OCc2ccccc2)ccc1F. The van der Waals surface area contributed by atoms with Crippen LogP contribution >= 0.6 is 0 Å². The maximum absolute atomic E-state index is 14.2. The molecule has 3 heteroatoms. The fraction of sp³-hybridized carbons (Fsp3) is 0.143. The Kier molecular flexibility index (Phi) is 5.24. The molecule has 0 aliphatic rings. The zero-order valence-corrected chi connectivity index (χ0v) is 13.4. The predicted octanol–water partition coefficient (Wildman–Crippen LogP) is 4.65. The quantitative estimate of drug-likeness (QED) is 0.717. The van der Waals surface area contributed by atoms with Crippen LogP contribution in [0.4, 0.5) is 4.39 Å². The molecule has 0 radical (unpaired) electrons. The van der Waals surface area contributed by atoms with Gasteiger partial charge >= 0.3 is 0 Å². The van der Waals surface area contributed by atoms with Gasteiger partial charge in [-0.1, -0.05) is 60.7 Å². The summed E-state index contributed by atoms with van der Waals surface area (Å²) in [5.41, 5.74) is 8.83. The molecule has 3 aromatic carbocycles. The standard InChI is InChI=1S/C21H20FNO/c22-20-12-11-18(24-15-17-9-5-2-6-10-17)14-19(20)21(23)13-16-7-3-1-4-8-16/h1-12,14,21H,13,15,23H2. The topological polar surface area (TPSA) is 35.2 Å². The minimum absolute atomic E-state index is 0.300. The summed E-state index contributed by atoms with van der Waals surface area (Å²) in [4.78, 5) is 0. The van der Waals surface area contributed by atoms with Crippen molar-refractivity contribution in [3.05, 3.63) is 101 Å². The Balaban J connectivity index is 1.71. The molecule has 0 amide bonds. The highest BCUT2D eigenvalue weighted by atomic mass is 19.1. The first-order valence-corrected chi connectivity index (χ1v) is 7.98. The van der Waals surface area contributed by atoms with Gasteiger partial charge in [0.2, 0.25) is 0 Å². The summed E-state index contributed by atoms with van der Waals surface area (Å²) in [5, 5.41) is 0. The second-order valence-electron chi connectivity index (χ2n) is 5.75. The fourth-order valence-electron chi connectivity index (χ4n) is 2.61. The Morgan fingerprint density at radius 1 is 0.833 bits per heavy atom. The van der Waals surface area contributed by atoms with E-state index in [9.17, 15) is 4.39 Å². The third kappa shape index (κ3) is 4.21. The summed E-state index contributed by atoms with van der Waals surface area (Å²) in [6.45, 7) is 0.444. The lowest BCUT2D eigenvalue weighted by atomic mass is 9.99. The summed E-state index contributed by atoms with van der Waals surface area (Å²) in [6.07, 6.45) is 0.583. The maximum atomic E-state index is 14.2. The third-order valence-electron chi connectivity index (χ3n) is 3.91. The van der Waals surface area contributed by atoms with Crippen molar-refractivity contribution in [3.8, 4) is 5.75 Å². The van der Waals surface area contributed by atoms with Crippen LogP contribution in [0, 0.1) is 5.82 Å². The van der Waals surface area contributed by atoms with Crippen LogP contribution in [0.5, 0.6) is 5.75 Å². The lowest BCUT2D eigenvalue weighted by Crippen LogP contribution is -2.15. The Morgan fingerprint density at radius 2 is 1.46 bits per heavy atom. The van der Waals surface area contributed by atoms with Gasteiger partial charge < -0.3 is 10.5 Å². The predicted molar refractivity (Wildman–Crippen MR) is 94.2 cm³/mol. The van der Waals surface area contributed by atoms with Crippen LogP contribution in [0.25, 0.3) is 0 Å². The molecular weight excluding hydrogens is 301 g/mol. The summed E-state index contributed by atoms with van der Waals surface area (Å²) in [6, 6.07) is 24.1. The molecule has 2 nitrogen and oxygen atoms in total. The highest BCUT2D eigenvalue weighted by Gasteiger charge is 2.13. The largest absolute Gasteiger partial charge is 0.489 e. The average Bonchev–Trinajstić information content (AvgIpc) is 2.62. The molecule has 0 saturated heterocycles. The van der Waals surface area contributed by atoms with Crippen LogP contribution < -0.4 is 10.5 Å². The van der Waals surface area contributed by atoms with Gasteiger partial charge in [-0.3, -0.25) is 0 Å². The second-order valence-corrected chi connectivity index (χ2v) is 5.75. The number of hydrogen-bond donors (Lipinski definition) is 1. The third-order valence-corrected chi connectivity index (χ3v) is 3.91. The van der Waals surface area contributed by atoms with E-state index in [0.717, 1.165) is 11.1 Å². The Morgan fingerprint density at radius 3 is 2.12 bits per heavy atom. The lowest BCUT2D eigenvalue weighted by Gasteiger charge is -2.15. The summed E-state index contributed by atoms with van der Waals surface area (Å²) in [5.74, 6) is 0.323. The Hall–Kier alpha value is -2.65. The smallest absolute Gasteiger partial charge is 0.128 e. The second kappa shape index (κ2) is 7.75. The zero-order valence-electron chi connectivity index (χ0n) is 13.4. The van der Waals surface area contributed by atoms with Crippen LogP contribution in [-0.4, -0.2) is 0 Å². The van der Waals surface area contributed by atoms with Crippen molar-refractivity contribution in [2.24, 2.45) is 5.73 Å². The van der Waals surface area contributed by atoms with Crippen molar-refractivity contribution in [1.82, 2.24) is 0 Å². The molecule has 24 heavy (non-hydrogen) atoms. The Bertz CT molecular complexity index is 774. The van der Waals surface area contributed by atoms with Crippen molar-refractivity contribution in [3.63, 3.8) is 0 Å². The minimum Gasteiger partial charge on any atom is -0.489 e. The van der Waals surface area contributed by atoms with E-state index < -0.39 is 6.04 Å². The number of benzene rings is 3. The van der Waals surface area contributed by atoms with Crippen molar-refractivity contribution in [2.75, 3.05) is 0 Å². The van der Waals surface area contributed by atoms with Gasteiger partial charge in [0.1, 0.15) is 18.2 Å². The van der Waals surface area contributed by atoms with Crippen LogP contribution in [0.1, 0.15) is 22.7 Å². The van der Waals surface area contributed by atoms with Crippen molar-refractivity contribution in [2.45, 2.75) is 19.1 Å². The summed E-state index contributed by atoms with van der Waals surface area (Å²) < 4.78 is 19.9. The van der Waals surface area contributed by atoms with Crippen molar-refractivity contribution in [1.29, 1.82) is 0 Å². The van der Waals surface area contributed by atoms with E-state index in [4.69, 9.17) is 10.5 Å². The molecule has 2 N–H and O–H groups in total. The number of ether oxygens (including phenoxy) is 1. The van der Waals surface area contributed by atoms with Crippen molar-refractivity contribution >= 4 is 0 Å². The first-order chi connectivity index (χ1) is 11.7. The molecule has 1 atom stereocenters. The molecule has 0 fully saturated rings. The Labute approximate surface area is 141 Å². The van der Waals surface area contributed by atoms with Gasteiger partial charge in [0.05, 0.1) is 0 Å². The number of halogens is 1. The van der Waals surface area contributed by atoms with Gasteiger partial charge in [-0.2, -0.15) is 0 Å². The first kappa shape index (κ1) is 16.2. The summed E-state index contributed by atoms with van der Waals surface area (Å²) in [7, 11) is 0. The molecule has 0 spiro atoms. The molecule has 0 saturated carbocycles. The molecular formula is C21H20FNO. The van der Waals surface area contributed by atoms with Gasteiger partial charge in [-0.05, 0) is 35.7 Å². The monoisotopic (exact) mass is 321 g/mol. The fourth-order valence-corrected chi connectivity index (χ4v) is 2.61. The lowest BCUT2D eigenvalue weighted by molar-refractivity contribution is 0.305. The number of nitrogens with two attached hydrogens (primary N) is 1. The maximum Gasteiger partial charge on any atom is 0.128 e. The molecule has 0 heterocycles. The number of rotatable bonds is 6. The van der Waals surface area contributed by atoms with Crippen LogP contribution in [-0.2, 0) is 13.0 Å². The highest BCUT2D eigenvalue weighted by Crippen LogP contribution is 2.24. The normalized spacial score (nSPS) is 11.9. The van der Waals surface area contributed by atoms with Gasteiger partial charge in [0.25, 0.3) is 0 Å². The van der Waals surface area contributed by atoms with E-state index in [0.29, 0.717) is 24.3 Å². The van der Waals surface area contributed by atoms with Crippen molar-refractivity contribution < 1.29 is 9.13 Å². The van der Waals surface area contributed by atoms with E-state index in [1.54, 1.807) is 12.1 Å². The van der Waals surface area contributed by atoms with Gasteiger partial charge in [0.15, 0.2) is 0 Å². The van der Waals surface area contributed by atoms with Crippen LogP contribution in [0.3, 0.4) is 0 Å². The molecule has 0 aliphatic heterocycles. The first-order valence-electron chi connectivity index (χ1n) is 7.98. The highest BCUT2D eigenvalue weighted by molar-refractivity contribution is 5.33. The minimum atomic E-state index is -0.410. The van der Waals surface area contributed by atoms with Gasteiger partial charge in [0, 0.05) is 11.6 Å². The van der Waals surface area contributed by atoms with Gasteiger partial charge in [-0.15, -0.1) is 0 Å². The molecule has 1 unspecified atom stereocenters. The molecule has 0 aromatic heterocycles. The van der Waals surface area contributed by atoms with E-state index in [1.807, 2.05) is 60.7 Å². The summed E-state index contributed by atoms with van der Waals surface area (Å²) >= 11 is 0. The number of hydrogen-bond acceptors (Lipinski definition) is 2. The van der Waals surface area contributed by atoms with Crippen LogP contribution in [0.2, 0.25) is 0 Å². The van der Waals surface area contributed by atoms with E-state index in [-0.39, 0.29) is 5.82 Å². The zero-order chi connectivity index (χ0) is 16.8. The molecule has 0 aliphatic carbocycles. The van der Waals surface area contributed by atoms with E-state index in [2.05, 4.69) is 0 Å². The van der Waals surface area contributed by atoms with Gasteiger partial charge in [-0.25, -0.2) is 4.39 Å². The average molecular weight is 321 g/mol. The molecule has 122 valence electrons.